The number of hydrogen-bond donors (Lipinski definition) is 1. The van der Waals surface area contributed by atoms with E-state index in [2.05, 4.69) is 5.32 Å². The molecular formula is C21H15NO3. The second kappa shape index (κ2) is 6.24. The molecule has 0 unspecified atom stereocenters. The fourth-order valence-electron chi connectivity index (χ4n) is 2.96. The van der Waals surface area contributed by atoms with E-state index in [0.717, 1.165) is 22.6 Å². The second-order valence-electron chi connectivity index (χ2n) is 5.86. The molecular weight excluding hydrogens is 314 g/mol. The quantitative estimate of drug-likeness (QED) is 0.737. The van der Waals surface area contributed by atoms with Crippen LogP contribution in [0.25, 0.3) is 0 Å². The first kappa shape index (κ1) is 15.1. The van der Waals surface area contributed by atoms with Crippen LogP contribution >= 0.6 is 0 Å². The predicted molar refractivity (Wildman–Crippen MR) is 94.0 cm³/mol. The molecule has 25 heavy (non-hydrogen) atoms. The zero-order valence-corrected chi connectivity index (χ0v) is 13.4. The normalized spacial score (nSPS) is 12.6. The minimum absolute atomic E-state index is 0.320. The summed E-state index contributed by atoms with van der Waals surface area (Å²) < 4.78 is 5.78. The Morgan fingerprint density at radius 3 is 2.20 bits per heavy atom. The van der Waals surface area contributed by atoms with Crippen molar-refractivity contribution in [3.05, 3.63) is 95.1 Å². The fraction of sp³-hybridized carbons (Fsp3) is 0.0476. The van der Waals surface area contributed by atoms with Gasteiger partial charge in [-0.2, -0.15) is 0 Å². The average molecular weight is 329 g/mol. The third kappa shape index (κ3) is 3.02. The lowest BCUT2D eigenvalue weighted by atomic mass is 9.97. The van der Waals surface area contributed by atoms with Crippen LogP contribution in [0.3, 0.4) is 0 Å². The summed E-state index contributed by atoms with van der Waals surface area (Å²) in [5.41, 5.74) is 2.82. The number of hydrogen-bond acceptors (Lipinski definition) is 3. The van der Waals surface area contributed by atoms with Crippen molar-refractivity contribution in [2.45, 2.75) is 6.42 Å². The average Bonchev–Trinajstić information content (AvgIpc) is 2.93. The van der Waals surface area contributed by atoms with Crippen LogP contribution in [0.15, 0.2) is 72.8 Å². The summed E-state index contributed by atoms with van der Waals surface area (Å²) in [6, 6.07) is 22.7. The summed E-state index contributed by atoms with van der Waals surface area (Å²) in [6.07, 6.45) is 0.579. The van der Waals surface area contributed by atoms with Gasteiger partial charge < -0.3 is 4.74 Å². The highest BCUT2D eigenvalue weighted by atomic mass is 16.5. The first-order chi connectivity index (χ1) is 12.2. The van der Waals surface area contributed by atoms with Crippen molar-refractivity contribution in [3.8, 4) is 11.5 Å². The largest absolute Gasteiger partial charge is 0.457 e. The molecule has 4 nitrogen and oxygen atoms in total. The number of carbonyl (C=O) groups excluding carboxylic acids is 2. The number of fused-ring (bicyclic) bond motifs is 1. The monoisotopic (exact) mass is 329 g/mol. The van der Waals surface area contributed by atoms with Gasteiger partial charge >= 0.3 is 0 Å². The molecule has 122 valence electrons. The minimum Gasteiger partial charge on any atom is -0.457 e. The second-order valence-corrected chi connectivity index (χ2v) is 5.86. The van der Waals surface area contributed by atoms with Gasteiger partial charge in [-0.1, -0.05) is 42.5 Å². The summed E-state index contributed by atoms with van der Waals surface area (Å²) in [7, 11) is 0. The van der Waals surface area contributed by atoms with E-state index in [-0.39, 0.29) is 11.8 Å². The summed E-state index contributed by atoms with van der Waals surface area (Å²) >= 11 is 0. The van der Waals surface area contributed by atoms with Gasteiger partial charge in [0, 0.05) is 0 Å². The molecule has 1 aliphatic rings. The topological polar surface area (TPSA) is 55.4 Å². The number of carbonyl (C=O) groups is 2. The molecule has 0 bridgehead atoms. The van der Waals surface area contributed by atoms with Crippen LogP contribution in [0.5, 0.6) is 11.5 Å². The van der Waals surface area contributed by atoms with Gasteiger partial charge in [-0.15, -0.1) is 0 Å². The number of para-hydroxylation sites is 1. The Labute approximate surface area is 145 Å². The van der Waals surface area contributed by atoms with Crippen molar-refractivity contribution in [1.29, 1.82) is 0 Å². The highest BCUT2D eigenvalue weighted by molar-refractivity contribution is 6.22. The van der Waals surface area contributed by atoms with Gasteiger partial charge in [0.05, 0.1) is 11.1 Å². The Hall–Kier alpha value is -3.40. The lowest BCUT2D eigenvalue weighted by Gasteiger charge is -2.08. The maximum atomic E-state index is 12.0. The van der Waals surface area contributed by atoms with Crippen molar-refractivity contribution in [2.75, 3.05) is 0 Å². The van der Waals surface area contributed by atoms with Gasteiger partial charge in [0.15, 0.2) is 0 Å². The molecule has 4 heteroatoms. The maximum absolute atomic E-state index is 12.0. The Morgan fingerprint density at radius 2 is 1.44 bits per heavy atom. The fourth-order valence-corrected chi connectivity index (χ4v) is 2.96. The molecule has 0 atom stereocenters. The maximum Gasteiger partial charge on any atom is 0.259 e. The Balaban J connectivity index is 1.55. The molecule has 4 rings (SSSR count). The van der Waals surface area contributed by atoms with Gasteiger partial charge in [0.1, 0.15) is 11.5 Å². The molecule has 1 aliphatic heterocycles. The molecule has 0 spiro atoms. The molecule has 0 saturated heterocycles. The lowest BCUT2D eigenvalue weighted by Crippen LogP contribution is -2.20. The molecule has 1 N–H and O–H groups in total. The number of imide groups is 1. The van der Waals surface area contributed by atoms with Crippen molar-refractivity contribution < 1.29 is 14.3 Å². The third-order valence-electron chi connectivity index (χ3n) is 4.15. The van der Waals surface area contributed by atoms with Crippen molar-refractivity contribution >= 4 is 11.8 Å². The van der Waals surface area contributed by atoms with E-state index in [4.69, 9.17) is 4.74 Å². The molecule has 3 aromatic rings. The van der Waals surface area contributed by atoms with Crippen LogP contribution in [0.2, 0.25) is 0 Å². The Kier molecular flexibility index (Phi) is 3.78. The summed E-state index contributed by atoms with van der Waals surface area (Å²) in [5.74, 6) is 0.889. The van der Waals surface area contributed by atoms with Gasteiger partial charge in [-0.3, -0.25) is 14.9 Å². The lowest BCUT2D eigenvalue weighted by molar-refractivity contribution is 0.0879. The van der Waals surface area contributed by atoms with Crippen LogP contribution in [0.4, 0.5) is 0 Å². The smallest absolute Gasteiger partial charge is 0.259 e. The van der Waals surface area contributed by atoms with E-state index in [1.54, 1.807) is 12.1 Å². The third-order valence-corrected chi connectivity index (χ3v) is 4.15. The highest BCUT2D eigenvalue weighted by Gasteiger charge is 2.28. The molecule has 0 fully saturated rings. The predicted octanol–water partition coefficient (Wildman–Crippen LogP) is 3.95. The van der Waals surface area contributed by atoms with E-state index in [1.165, 1.54) is 0 Å². The molecule has 3 aromatic carbocycles. The first-order valence-electron chi connectivity index (χ1n) is 8.00. The van der Waals surface area contributed by atoms with Gasteiger partial charge in [0.25, 0.3) is 11.8 Å². The molecule has 2 amide bonds. The van der Waals surface area contributed by atoms with E-state index in [9.17, 15) is 9.59 Å². The van der Waals surface area contributed by atoms with Gasteiger partial charge in [-0.25, -0.2) is 0 Å². The van der Waals surface area contributed by atoms with Crippen molar-refractivity contribution in [2.24, 2.45) is 0 Å². The molecule has 0 saturated carbocycles. The Morgan fingerprint density at radius 1 is 0.720 bits per heavy atom. The number of benzene rings is 3. The molecule has 0 aliphatic carbocycles. The summed E-state index contributed by atoms with van der Waals surface area (Å²) in [6.45, 7) is 0. The highest BCUT2D eigenvalue weighted by Crippen LogP contribution is 2.25. The van der Waals surface area contributed by atoms with E-state index in [1.807, 2.05) is 60.7 Å². The number of nitrogens with one attached hydrogen (secondary N) is 1. The van der Waals surface area contributed by atoms with E-state index < -0.39 is 0 Å². The van der Waals surface area contributed by atoms with Crippen LogP contribution in [-0.2, 0) is 6.42 Å². The minimum atomic E-state index is -0.326. The zero-order valence-electron chi connectivity index (χ0n) is 13.4. The SMILES string of the molecule is O=C1NC(=O)c2c(Cc3ccc(Oc4ccccc4)cc3)cccc21. The van der Waals surface area contributed by atoms with Gasteiger partial charge in [0.2, 0.25) is 0 Å². The number of amides is 2. The van der Waals surface area contributed by atoms with Crippen LogP contribution in [0.1, 0.15) is 31.8 Å². The van der Waals surface area contributed by atoms with Gasteiger partial charge in [-0.05, 0) is 47.9 Å². The first-order valence-corrected chi connectivity index (χ1v) is 8.00. The van der Waals surface area contributed by atoms with Crippen LogP contribution in [0, 0.1) is 0 Å². The number of rotatable bonds is 4. The van der Waals surface area contributed by atoms with Crippen LogP contribution in [-0.4, -0.2) is 11.8 Å². The Bertz CT molecular complexity index is 947. The van der Waals surface area contributed by atoms with Crippen LogP contribution < -0.4 is 10.1 Å². The standard InChI is InChI=1S/C21H15NO3/c23-20-18-8-4-5-15(19(18)21(24)22-20)13-14-9-11-17(12-10-14)25-16-6-2-1-3-7-16/h1-12H,13H2,(H,22,23,24). The summed E-state index contributed by atoms with van der Waals surface area (Å²) in [4.78, 5) is 23.7. The molecule has 0 radical (unpaired) electrons. The van der Waals surface area contributed by atoms with E-state index >= 15 is 0 Å². The summed E-state index contributed by atoms with van der Waals surface area (Å²) in [5, 5.41) is 2.35. The molecule has 0 aromatic heterocycles. The van der Waals surface area contributed by atoms with Crippen molar-refractivity contribution in [3.63, 3.8) is 0 Å². The zero-order chi connectivity index (χ0) is 17.2. The van der Waals surface area contributed by atoms with Crippen molar-refractivity contribution in [1.82, 2.24) is 5.32 Å². The van der Waals surface area contributed by atoms with E-state index in [0.29, 0.717) is 17.5 Å². The molecule has 1 heterocycles. The number of ether oxygens (including phenoxy) is 1.